The van der Waals surface area contributed by atoms with Crippen molar-refractivity contribution in [1.82, 2.24) is 10.2 Å². The first-order valence-electron chi connectivity index (χ1n) is 12.3. The fourth-order valence-electron chi connectivity index (χ4n) is 3.95. The minimum atomic E-state index is -4.13. The summed E-state index contributed by atoms with van der Waals surface area (Å²) >= 11 is 12.4. The molecule has 0 saturated carbocycles. The Balaban J connectivity index is 2.04. The number of benzene rings is 3. The molecule has 1 N–H and O–H groups in total. The lowest BCUT2D eigenvalue weighted by molar-refractivity contribution is -0.140. The maximum Gasteiger partial charge on any atom is 0.264 e. The molecule has 0 radical (unpaired) electrons. The second-order valence-corrected chi connectivity index (χ2v) is 11.3. The van der Waals surface area contributed by atoms with Crippen molar-refractivity contribution in [2.24, 2.45) is 0 Å². The van der Waals surface area contributed by atoms with E-state index in [0.717, 1.165) is 10.7 Å². The highest BCUT2D eigenvalue weighted by Gasteiger charge is 2.33. The Labute approximate surface area is 234 Å². The minimum absolute atomic E-state index is 0.0353. The van der Waals surface area contributed by atoms with Crippen molar-refractivity contribution in [3.05, 3.63) is 94.5 Å². The van der Waals surface area contributed by atoms with Crippen LogP contribution in [-0.2, 0) is 26.2 Å². The van der Waals surface area contributed by atoms with Gasteiger partial charge in [-0.05, 0) is 60.9 Å². The molecule has 0 bridgehead atoms. The number of halogens is 2. The topological polar surface area (TPSA) is 86.8 Å². The van der Waals surface area contributed by atoms with E-state index in [-0.39, 0.29) is 23.0 Å². The number of sulfonamides is 1. The molecule has 3 aromatic carbocycles. The summed E-state index contributed by atoms with van der Waals surface area (Å²) in [5.74, 6) is -0.850. The lowest BCUT2D eigenvalue weighted by Gasteiger charge is -2.33. The summed E-state index contributed by atoms with van der Waals surface area (Å²) in [7, 11) is -4.13. The lowest BCUT2D eigenvalue weighted by atomic mass is 10.1. The summed E-state index contributed by atoms with van der Waals surface area (Å²) in [4.78, 5) is 28.5. The molecule has 0 spiro atoms. The fraction of sp³-hybridized carbons (Fsp3) is 0.286. The summed E-state index contributed by atoms with van der Waals surface area (Å²) in [6, 6.07) is 20.3. The van der Waals surface area contributed by atoms with Crippen molar-refractivity contribution in [2.75, 3.05) is 17.4 Å². The Morgan fingerprint density at radius 2 is 1.53 bits per heavy atom. The molecule has 0 aliphatic carbocycles. The number of hydrogen-bond donors (Lipinski definition) is 1. The Morgan fingerprint density at radius 1 is 0.895 bits per heavy atom. The molecule has 0 heterocycles. The maximum absolute atomic E-state index is 13.9. The van der Waals surface area contributed by atoms with Crippen LogP contribution in [0.4, 0.5) is 5.69 Å². The zero-order valence-corrected chi connectivity index (χ0v) is 23.6. The van der Waals surface area contributed by atoms with Crippen LogP contribution in [0.25, 0.3) is 0 Å². The number of rotatable bonds is 12. The third-order valence-corrected chi connectivity index (χ3v) is 8.37. The first-order valence-corrected chi connectivity index (χ1v) is 14.5. The van der Waals surface area contributed by atoms with E-state index in [4.69, 9.17) is 23.2 Å². The van der Waals surface area contributed by atoms with Crippen molar-refractivity contribution < 1.29 is 18.0 Å². The van der Waals surface area contributed by atoms with Crippen LogP contribution < -0.4 is 9.62 Å². The van der Waals surface area contributed by atoms with Gasteiger partial charge in [0.1, 0.15) is 12.6 Å². The summed E-state index contributed by atoms with van der Waals surface area (Å²) < 4.78 is 28.5. The first kappa shape index (κ1) is 29.5. The molecule has 2 amide bonds. The van der Waals surface area contributed by atoms with E-state index in [1.807, 2.05) is 6.92 Å². The number of nitrogens with zero attached hydrogens (tertiary/aromatic N) is 2. The molecule has 0 fully saturated rings. The zero-order valence-electron chi connectivity index (χ0n) is 21.3. The van der Waals surface area contributed by atoms with Gasteiger partial charge in [0.2, 0.25) is 11.8 Å². The van der Waals surface area contributed by atoms with Gasteiger partial charge >= 0.3 is 0 Å². The van der Waals surface area contributed by atoms with Crippen LogP contribution in [0, 0.1) is 0 Å². The molecular formula is C28H31Cl2N3O4S. The average Bonchev–Trinajstić information content (AvgIpc) is 2.92. The fourth-order valence-corrected chi connectivity index (χ4v) is 5.71. The molecule has 202 valence electrons. The van der Waals surface area contributed by atoms with Crippen molar-refractivity contribution >= 4 is 50.7 Å². The highest BCUT2D eigenvalue weighted by molar-refractivity contribution is 7.92. The largest absolute Gasteiger partial charge is 0.354 e. The van der Waals surface area contributed by atoms with Crippen molar-refractivity contribution in [3.63, 3.8) is 0 Å². The van der Waals surface area contributed by atoms with Crippen LogP contribution in [0.1, 0.15) is 32.3 Å². The first-order chi connectivity index (χ1) is 18.2. The standard InChI is InChI=1S/C28H31Cl2N3O4S/c1-3-18-31-28(35)26(4-2)32(19-21-10-8-9-13-25(21)30)27(34)20-33(23-16-14-22(29)15-17-23)38(36,37)24-11-6-5-7-12-24/h5-17,26H,3-4,18-20H2,1-2H3,(H,31,35)/t26-/m0/s1. The van der Waals surface area contributed by atoms with Crippen molar-refractivity contribution in [1.29, 1.82) is 0 Å². The average molecular weight is 577 g/mol. The van der Waals surface area contributed by atoms with Crippen LogP contribution in [0.5, 0.6) is 0 Å². The van der Waals surface area contributed by atoms with Gasteiger partial charge in [-0.3, -0.25) is 13.9 Å². The SMILES string of the molecule is CCCNC(=O)[C@H](CC)N(Cc1ccccc1Cl)C(=O)CN(c1ccc(Cl)cc1)S(=O)(=O)c1ccccc1. The van der Waals surface area contributed by atoms with Gasteiger partial charge in [-0.15, -0.1) is 0 Å². The van der Waals surface area contributed by atoms with Gasteiger partial charge in [-0.25, -0.2) is 8.42 Å². The van der Waals surface area contributed by atoms with Gasteiger partial charge < -0.3 is 10.2 Å². The van der Waals surface area contributed by atoms with E-state index in [9.17, 15) is 18.0 Å². The second-order valence-electron chi connectivity index (χ2n) is 8.63. The van der Waals surface area contributed by atoms with Gasteiger partial charge in [0.25, 0.3) is 10.0 Å². The maximum atomic E-state index is 13.9. The highest BCUT2D eigenvalue weighted by Crippen LogP contribution is 2.26. The van der Waals surface area contributed by atoms with Crippen LogP contribution in [0.3, 0.4) is 0 Å². The normalized spacial score (nSPS) is 12.0. The number of carbonyl (C=O) groups excluding carboxylic acids is 2. The van der Waals surface area contributed by atoms with E-state index in [1.165, 1.54) is 17.0 Å². The summed E-state index contributed by atoms with van der Waals surface area (Å²) in [5, 5.41) is 3.73. The molecule has 10 heteroatoms. The number of hydrogen-bond acceptors (Lipinski definition) is 4. The predicted octanol–water partition coefficient (Wildman–Crippen LogP) is 5.52. The molecule has 1 atom stereocenters. The van der Waals surface area contributed by atoms with Crippen LogP contribution in [0.15, 0.2) is 83.8 Å². The predicted molar refractivity (Wildman–Crippen MR) is 152 cm³/mol. The molecule has 0 aromatic heterocycles. The zero-order chi connectivity index (χ0) is 27.7. The third-order valence-electron chi connectivity index (χ3n) is 5.96. The molecular weight excluding hydrogens is 545 g/mol. The van der Waals surface area contributed by atoms with Crippen LogP contribution in [-0.4, -0.2) is 44.3 Å². The molecule has 3 rings (SSSR count). The van der Waals surface area contributed by atoms with Crippen LogP contribution in [0.2, 0.25) is 10.0 Å². The number of carbonyl (C=O) groups is 2. The molecule has 3 aromatic rings. The minimum Gasteiger partial charge on any atom is -0.354 e. The van der Waals surface area contributed by atoms with E-state index < -0.39 is 28.5 Å². The van der Waals surface area contributed by atoms with Crippen LogP contribution >= 0.6 is 23.2 Å². The Bertz CT molecular complexity index is 1340. The lowest BCUT2D eigenvalue weighted by Crippen LogP contribution is -2.52. The Kier molecular flexibility index (Phi) is 10.6. The van der Waals surface area contributed by atoms with E-state index in [1.54, 1.807) is 73.7 Å². The smallest absolute Gasteiger partial charge is 0.264 e. The Hall–Kier alpha value is -3.07. The highest BCUT2D eigenvalue weighted by atomic mass is 35.5. The number of amides is 2. The monoisotopic (exact) mass is 575 g/mol. The number of nitrogens with one attached hydrogen (secondary N) is 1. The van der Waals surface area contributed by atoms with Gasteiger partial charge in [0, 0.05) is 23.1 Å². The van der Waals surface area contributed by atoms with Gasteiger partial charge in [0.05, 0.1) is 10.6 Å². The second kappa shape index (κ2) is 13.6. The Morgan fingerprint density at radius 3 is 2.13 bits per heavy atom. The summed E-state index contributed by atoms with van der Waals surface area (Å²) in [5.41, 5.74) is 0.918. The summed E-state index contributed by atoms with van der Waals surface area (Å²) in [6.07, 6.45) is 1.07. The van der Waals surface area contributed by atoms with Gasteiger partial charge in [-0.2, -0.15) is 0 Å². The van der Waals surface area contributed by atoms with Gasteiger partial charge in [0.15, 0.2) is 0 Å². The van der Waals surface area contributed by atoms with Crippen molar-refractivity contribution in [3.8, 4) is 0 Å². The molecule has 0 saturated heterocycles. The van der Waals surface area contributed by atoms with E-state index in [0.29, 0.717) is 28.6 Å². The molecule has 0 aliphatic rings. The van der Waals surface area contributed by atoms with Gasteiger partial charge in [-0.1, -0.05) is 73.4 Å². The van der Waals surface area contributed by atoms with E-state index >= 15 is 0 Å². The van der Waals surface area contributed by atoms with Crippen molar-refractivity contribution in [2.45, 2.75) is 44.2 Å². The molecule has 0 unspecified atom stereocenters. The molecule has 0 aliphatic heterocycles. The van der Waals surface area contributed by atoms with E-state index in [2.05, 4.69) is 5.32 Å². The number of anilines is 1. The molecule has 7 nitrogen and oxygen atoms in total. The molecule has 38 heavy (non-hydrogen) atoms. The third kappa shape index (κ3) is 7.28. The summed E-state index contributed by atoms with van der Waals surface area (Å²) in [6.45, 7) is 3.72. The quantitative estimate of drug-likeness (QED) is 0.308.